The number of anilines is 1. The molecule has 1 aliphatic rings. The SMILES string of the molecule is CCCCCC(O)C(C)(C)c1ccc(N2C(=O)C(CC)C(=S)N2COCc2cccs2)cc1. The van der Waals surface area contributed by atoms with E-state index in [1.54, 1.807) is 21.4 Å². The zero-order chi connectivity index (χ0) is 24.0. The summed E-state index contributed by atoms with van der Waals surface area (Å²) in [5.74, 6) is -0.337. The number of unbranched alkanes of at least 4 members (excludes halogenated alkanes) is 2. The van der Waals surface area contributed by atoms with Crippen molar-refractivity contribution in [2.75, 3.05) is 11.7 Å². The number of hydrogen-bond acceptors (Lipinski definition) is 5. The van der Waals surface area contributed by atoms with Gasteiger partial charge in [0.25, 0.3) is 5.91 Å². The van der Waals surface area contributed by atoms with E-state index < -0.39 is 6.10 Å². The predicted molar refractivity (Wildman–Crippen MR) is 139 cm³/mol. The Hall–Kier alpha value is -1.80. The maximum Gasteiger partial charge on any atom is 0.255 e. The van der Waals surface area contributed by atoms with Crippen LogP contribution in [-0.2, 0) is 21.6 Å². The van der Waals surface area contributed by atoms with Crippen LogP contribution >= 0.6 is 23.6 Å². The van der Waals surface area contributed by atoms with Gasteiger partial charge in [0.15, 0.2) is 0 Å². The number of nitrogens with zero attached hydrogens (tertiary/aromatic N) is 2. The van der Waals surface area contributed by atoms with E-state index in [0.29, 0.717) is 18.0 Å². The molecule has 2 atom stereocenters. The van der Waals surface area contributed by atoms with Gasteiger partial charge >= 0.3 is 0 Å². The highest BCUT2D eigenvalue weighted by molar-refractivity contribution is 7.80. The van der Waals surface area contributed by atoms with Crippen LogP contribution in [0.1, 0.15) is 70.2 Å². The molecule has 7 heteroatoms. The van der Waals surface area contributed by atoms with Gasteiger partial charge < -0.3 is 9.84 Å². The first-order valence-corrected chi connectivity index (χ1v) is 13.1. The van der Waals surface area contributed by atoms with E-state index in [4.69, 9.17) is 17.0 Å². The Morgan fingerprint density at radius 1 is 1.18 bits per heavy atom. The first kappa shape index (κ1) is 25.8. The molecule has 0 radical (unpaired) electrons. The molecule has 1 fully saturated rings. The molecule has 5 nitrogen and oxygen atoms in total. The molecular weight excluding hydrogens is 452 g/mol. The molecule has 0 saturated carbocycles. The molecule has 1 aromatic heterocycles. The number of aliphatic hydroxyl groups is 1. The molecule has 2 aromatic rings. The fourth-order valence-electron chi connectivity index (χ4n) is 4.19. The minimum Gasteiger partial charge on any atom is -0.392 e. The highest BCUT2D eigenvalue weighted by Gasteiger charge is 2.42. The molecule has 0 aliphatic carbocycles. The molecule has 1 saturated heterocycles. The summed E-state index contributed by atoms with van der Waals surface area (Å²) in [6.45, 7) is 9.01. The molecule has 1 aromatic carbocycles. The Kier molecular flexibility index (Phi) is 9.04. The van der Waals surface area contributed by atoms with Crippen molar-refractivity contribution in [3.05, 3.63) is 52.2 Å². The van der Waals surface area contributed by atoms with Crippen molar-refractivity contribution < 1.29 is 14.6 Å². The lowest BCUT2D eigenvalue weighted by atomic mass is 9.77. The predicted octanol–water partition coefficient (Wildman–Crippen LogP) is 6.06. The van der Waals surface area contributed by atoms with E-state index in [-0.39, 0.29) is 24.0 Å². The standard InChI is InChI=1S/C26H36N2O3S2/c1-5-7-8-11-23(29)26(3,4)19-12-14-20(15-13-19)28-24(30)22(6-2)25(32)27(28)18-31-17-21-10-9-16-33-21/h9-10,12-16,22-23,29H,5-8,11,17-18H2,1-4H3. The lowest BCUT2D eigenvalue weighted by molar-refractivity contribution is -0.121. The smallest absolute Gasteiger partial charge is 0.255 e. The third kappa shape index (κ3) is 5.83. The second-order valence-corrected chi connectivity index (χ2v) is 10.6. The van der Waals surface area contributed by atoms with Gasteiger partial charge in [-0.2, -0.15) is 0 Å². The first-order valence-electron chi connectivity index (χ1n) is 11.8. The average molecular weight is 489 g/mol. The number of aliphatic hydroxyl groups excluding tert-OH is 1. The number of thiophene rings is 1. The van der Waals surface area contributed by atoms with Crippen molar-refractivity contribution in [2.45, 2.75) is 77.9 Å². The normalized spacial score (nSPS) is 17.8. The first-order chi connectivity index (χ1) is 15.8. The number of carbonyl (C=O) groups is 1. The minimum atomic E-state index is -0.414. The highest BCUT2D eigenvalue weighted by Crippen LogP contribution is 2.34. The van der Waals surface area contributed by atoms with E-state index in [1.807, 2.05) is 48.7 Å². The Labute approximate surface area is 207 Å². The van der Waals surface area contributed by atoms with Crippen LogP contribution in [0, 0.1) is 5.92 Å². The second kappa shape index (κ2) is 11.6. The largest absolute Gasteiger partial charge is 0.392 e. The monoisotopic (exact) mass is 488 g/mol. The molecule has 33 heavy (non-hydrogen) atoms. The topological polar surface area (TPSA) is 53.0 Å². The quantitative estimate of drug-likeness (QED) is 0.291. The molecule has 1 N–H and O–H groups in total. The average Bonchev–Trinajstić information content (AvgIpc) is 3.40. The van der Waals surface area contributed by atoms with Gasteiger partial charge in [0, 0.05) is 10.3 Å². The lowest BCUT2D eigenvalue weighted by Gasteiger charge is -2.32. The van der Waals surface area contributed by atoms with Crippen molar-refractivity contribution in [3.8, 4) is 0 Å². The summed E-state index contributed by atoms with van der Waals surface area (Å²) >= 11 is 7.30. The van der Waals surface area contributed by atoms with Crippen molar-refractivity contribution >= 4 is 40.1 Å². The van der Waals surface area contributed by atoms with E-state index >= 15 is 0 Å². The Balaban J connectivity index is 1.75. The van der Waals surface area contributed by atoms with Gasteiger partial charge in [-0.1, -0.05) is 77.4 Å². The van der Waals surface area contributed by atoms with Crippen LogP contribution in [0.2, 0.25) is 0 Å². The van der Waals surface area contributed by atoms with Crippen LogP contribution in [-0.4, -0.2) is 33.8 Å². The molecule has 0 spiro atoms. The van der Waals surface area contributed by atoms with Crippen LogP contribution in [0.25, 0.3) is 0 Å². The summed E-state index contributed by atoms with van der Waals surface area (Å²) in [5.41, 5.74) is 1.45. The number of amides is 1. The molecule has 0 bridgehead atoms. The van der Waals surface area contributed by atoms with Crippen molar-refractivity contribution in [3.63, 3.8) is 0 Å². The van der Waals surface area contributed by atoms with Gasteiger partial charge in [-0.25, -0.2) is 10.0 Å². The lowest BCUT2D eigenvalue weighted by Crippen LogP contribution is -2.42. The third-order valence-electron chi connectivity index (χ3n) is 6.52. The van der Waals surface area contributed by atoms with Gasteiger partial charge in [0.1, 0.15) is 11.7 Å². The molecule has 1 amide bonds. The molecule has 2 heterocycles. The fraction of sp³-hybridized carbons (Fsp3) is 0.538. The molecule has 2 unspecified atom stereocenters. The summed E-state index contributed by atoms with van der Waals surface area (Å²) in [7, 11) is 0. The number of thiocarbonyl (C=S) groups is 1. The molecule has 1 aliphatic heterocycles. The number of carbonyl (C=O) groups excluding carboxylic acids is 1. The van der Waals surface area contributed by atoms with E-state index in [2.05, 4.69) is 20.8 Å². The Bertz CT molecular complexity index is 912. The number of ether oxygens (including phenoxy) is 1. The molecule has 3 rings (SSSR count). The van der Waals surface area contributed by atoms with Gasteiger partial charge in [0.05, 0.1) is 24.3 Å². The van der Waals surface area contributed by atoms with E-state index in [0.717, 1.165) is 41.8 Å². The van der Waals surface area contributed by atoms with Crippen molar-refractivity contribution in [1.29, 1.82) is 0 Å². The van der Waals surface area contributed by atoms with Gasteiger partial charge in [-0.15, -0.1) is 11.3 Å². The van der Waals surface area contributed by atoms with Crippen LogP contribution in [0.5, 0.6) is 0 Å². The zero-order valence-electron chi connectivity index (χ0n) is 20.1. The number of hydrogen-bond donors (Lipinski definition) is 1. The van der Waals surface area contributed by atoms with Gasteiger partial charge in [-0.05, 0) is 42.0 Å². The number of rotatable bonds is 12. The van der Waals surface area contributed by atoms with Crippen LogP contribution < -0.4 is 5.01 Å². The van der Waals surface area contributed by atoms with Crippen molar-refractivity contribution in [1.82, 2.24) is 5.01 Å². The van der Waals surface area contributed by atoms with Gasteiger partial charge in [0.2, 0.25) is 0 Å². The summed E-state index contributed by atoms with van der Waals surface area (Å²) in [4.78, 5) is 14.9. The van der Waals surface area contributed by atoms with Crippen molar-refractivity contribution in [2.24, 2.45) is 5.92 Å². The maximum atomic E-state index is 13.2. The maximum absolute atomic E-state index is 13.2. The van der Waals surface area contributed by atoms with E-state index in [9.17, 15) is 9.90 Å². The summed E-state index contributed by atoms with van der Waals surface area (Å²) in [5, 5.41) is 16.2. The van der Waals surface area contributed by atoms with Crippen LogP contribution in [0.4, 0.5) is 5.69 Å². The Morgan fingerprint density at radius 3 is 2.52 bits per heavy atom. The highest BCUT2D eigenvalue weighted by atomic mass is 32.1. The molecular formula is C26H36N2O3S2. The fourth-order valence-corrected chi connectivity index (χ4v) is 5.23. The van der Waals surface area contributed by atoms with E-state index in [1.165, 1.54) is 0 Å². The minimum absolute atomic E-state index is 0.0196. The Morgan fingerprint density at radius 2 is 1.91 bits per heavy atom. The summed E-state index contributed by atoms with van der Waals surface area (Å²) < 4.78 is 5.90. The second-order valence-electron chi connectivity index (χ2n) is 9.19. The number of benzene rings is 1. The third-order valence-corrected chi connectivity index (χ3v) is 7.86. The summed E-state index contributed by atoms with van der Waals surface area (Å²) in [6.07, 6.45) is 4.33. The van der Waals surface area contributed by atoms with Gasteiger partial charge in [-0.3, -0.25) is 4.79 Å². The number of hydrazine groups is 1. The van der Waals surface area contributed by atoms with Crippen LogP contribution in [0.15, 0.2) is 41.8 Å². The zero-order valence-corrected chi connectivity index (χ0v) is 21.8. The molecule has 180 valence electrons. The summed E-state index contributed by atoms with van der Waals surface area (Å²) in [6, 6.07) is 11.9. The van der Waals surface area contributed by atoms with Crippen LogP contribution in [0.3, 0.4) is 0 Å².